The second-order valence-corrected chi connectivity index (χ2v) is 3.16. The molecule has 0 aromatic carbocycles. The van der Waals surface area contributed by atoms with Gasteiger partial charge in [0.1, 0.15) is 0 Å². The standard InChI is InChI=1S/C9H20O2/c1-3-4-5-6-7-9(11)8(2)10/h8-11H,3-7H2,1-2H3/t8-,9+/m0/s1. The molecular formula is C9H20O2. The number of aliphatic hydroxyl groups is 2. The molecule has 0 bridgehead atoms. The quantitative estimate of drug-likeness (QED) is 0.581. The SMILES string of the molecule is CCCCCC[C@@H](O)[C@H](C)O. The highest BCUT2D eigenvalue weighted by molar-refractivity contribution is 4.61. The van der Waals surface area contributed by atoms with Gasteiger partial charge in [0.05, 0.1) is 12.2 Å². The molecule has 2 N–H and O–H groups in total. The van der Waals surface area contributed by atoms with Crippen molar-refractivity contribution in [3.63, 3.8) is 0 Å². The van der Waals surface area contributed by atoms with E-state index in [9.17, 15) is 5.11 Å². The van der Waals surface area contributed by atoms with Crippen LogP contribution in [0.1, 0.15) is 46.0 Å². The van der Waals surface area contributed by atoms with Crippen LogP contribution in [0.3, 0.4) is 0 Å². The molecule has 11 heavy (non-hydrogen) atoms. The smallest absolute Gasteiger partial charge is 0.0796 e. The molecule has 2 heteroatoms. The average Bonchev–Trinajstić information content (AvgIpc) is 1.97. The van der Waals surface area contributed by atoms with Crippen LogP contribution < -0.4 is 0 Å². The molecule has 0 heterocycles. The van der Waals surface area contributed by atoms with Crippen LogP contribution >= 0.6 is 0 Å². The third-order valence-corrected chi connectivity index (χ3v) is 1.91. The summed E-state index contributed by atoms with van der Waals surface area (Å²) < 4.78 is 0. The minimum Gasteiger partial charge on any atom is -0.391 e. The normalized spacial score (nSPS) is 16.4. The lowest BCUT2D eigenvalue weighted by molar-refractivity contribution is 0.0247. The molecule has 0 saturated carbocycles. The highest BCUT2D eigenvalue weighted by Crippen LogP contribution is 2.07. The molecule has 0 aromatic heterocycles. The van der Waals surface area contributed by atoms with Crippen molar-refractivity contribution in [2.24, 2.45) is 0 Å². The summed E-state index contributed by atoms with van der Waals surface area (Å²) in [7, 11) is 0. The topological polar surface area (TPSA) is 40.5 Å². The monoisotopic (exact) mass is 160 g/mol. The number of hydrogen-bond donors (Lipinski definition) is 2. The number of unbranched alkanes of at least 4 members (excludes halogenated alkanes) is 3. The summed E-state index contributed by atoms with van der Waals surface area (Å²) in [6.45, 7) is 3.79. The first kappa shape index (κ1) is 10.9. The second kappa shape index (κ2) is 6.62. The molecule has 2 nitrogen and oxygen atoms in total. The van der Waals surface area contributed by atoms with Crippen LogP contribution in [-0.2, 0) is 0 Å². The summed E-state index contributed by atoms with van der Waals surface area (Å²) >= 11 is 0. The molecule has 0 spiro atoms. The summed E-state index contributed by atoms with van der Waals surface area (Å²) in [5.41, 5.74) is 0. The third kappa shape index (κ3) is 6.32. The first-order valence-corrected chi connectivity index (χ1v) is 4.54. The Morgan fingerprint density at radius 2 is 1.73 bits per heavy atom. The Morgan fingerprint density at radius 3 is 2.18 bits per heavy atom. The highest BCUT2D eigenvalue weighted by Gasteiger charge is 2.08. The maximum absolute atomic E-state index is 9.18. The summed E-state index contributed by atoms with van der Waals surface area (Å²) in [5.74, 6) is 0. The van der Waals surface area contributed by atoms with Gasteiger partial charge in [-0.2, -0.15) is 0 Å². The lowest BCUT2D eigenvalue weighted by Crippen LogP contribution is -2.21. The zero-order chi connectivity index (χ0) is 8.69. The van der Waals surface area contributed by atoms with E-state index in [1.165, 1.54) is 19.3 Å². The minimum atomic E-state index is -0.573. The van der Waals surface area contributed by atoms with E-state index in [2.05, 4.69) is 6.92 Å². The zero-order valence-electron chi connectivity index (χ0n) is 7.58. The number of rotatable bonds is 6. The Kier molecular flexibility index (Phi) is 6.57. The summed E-state index contributed by atoms with van der Waals surface area (Å²) in [4.78, 5) is 0. The van der Waals surface area contributed by atoms with Crippen molar-refractivity contribution in [3.05, 3.63) is 0 Å². The molecular weight excluding hydrogens is 140 g/mol. The largest absolute Gasteiger partial charge is 0.391 e. The molecule has 0 unspecified atom stereocenters. The van der Waals surface area contributed by atoms with Gasteiger partial charge < -0.3 is 10.2 Å². The van der Waals surface area contributed by atoms with Crippen LogP contribution in [0, 0.1) is 0 Å². The molecule has 0 fully saturated rings. The van der Waals surface area contributed by atoms with Crippen molar-refractivity contribution < 1.29 is 10.2 Å². The average molecular weight is 160 g/mol. The van der Waals surface area contributed by atoms with Crippen molar-refractivity contribution in [1.82, 2.24) is 0 Å². The van der Waals surface area contributed by atoms with Crippen LogP contribution in [0.4, 0.5) is 0 Å². The Morgan fingerprint density at radius 1 is 1.09 bits per heavy atom. The van der Waals surface area contributed by atoms with Gasteiger partial charge in [0.25, 0.3) is 0 Å². The van der Waals surface area contributed by atoms with Gasteiger partial charge in [-0.3, -0.25) is 0 Å². The van der Waals surface area contributed by atoms with Gasteiger partial charge >= 0.3 is 0 Å². The first-order valence-electron chi connectivity index (χ1n) is 4.54. The molecule has 0 aliphatic heterocycles. The van der Waals surface area contributed by atoms with E-state index in [0.29, 0.717) is 0 Å². The van der Waals surface area contributed by atoms with Gasteiger partial charge in [0.15, 0.2) is 0 Å². The molecule has 0 radical (unpaired) electrons. The first-order chi connectivity index (χ1) is 5.18. The second-order valence-electron chi connectivity index (χ2n) is 3.16. The molecule has 0 rings (SSSR count). The van der Waals surface area contributed by atoms with Crippen molar-refractivity contribution in [1.29, 1.82) is 0 Å². The number of hydrogen-bond acceptors (Lipinski definition) is 2. The summed E-state index contributed by atoms with van der Waals surface area (Å²) in [5, 5.41) is 18.1. The van der Waals surface area contributed by atoms with E-state index in [0.717, 1.165) is 12.8 Å². The molecule has 0 aromatic rings. The van der Waals surface area contributed by atoms with Gasteiger partial charge in [-0.15, -0.1) is 0 Å². The van der Waals surface area contributed by atoms with Crippen LogP contribution in [-0.4, -0.2) is 22.4 Å². The van der Waals surface area contributed by atoms with E-state index >= 15 is 0 Å². The third-order valence-electron chi connectivity index (χ3n) is 1.91. The van der Waals surface area contributed by atoms with Crippen LogP contribution in [0.2, 0.25) is 0 Å². The minimum absolute atomic E-state index is 0.521. The molecule has 0 amide bonds. The van der Waals surface area contributed by atoms with E-state index in [1.807, 2.05) is 0 Å². The lowest BCUT2D eigenvalue weighted by atomic mass is 10.1. The Labute approximate surface area is 69.2 Å². The fourth-order valence-electron chi connectivity index (χ4n) is 1.02. The van der Waals surface area contributed by atoms with Crippen molar-refractivity contribution in [3.8, 4) is 0 Å². The molecule has 0 aliphatic rings. The van der Waals surface area contributed by atoms with Crippen LogP contribution in [0.25, 0.3) is 0 Å². The maximum atomic E-state index is 9.18. The van der Waals surface area contributed by atoms with Gasteiger partial charge in [-0.1, -0.05) is 32.6 Å². The van der Waals surface area contributed by atoms with Crippen molar-refractivity contribution >= 4 is 0 Å². The van der Waals surface area contributed by atoms with Crippen LogP contribution in [0.15, 0.2) is 0 Å². The van der Waals surface area contributed by atoms with Gasteiger partial charge in [-0.05, 0) is 13.3 Å². The fraction of sp³-hybridized carbons (Fsp3) is 1.00. The summed E-state index contributed by atoms with van der Waals surface area (Å²) in [6.07, 6.45) is 4.28. The van der Waals surface area contributed by atoms with E-state index in [1.54, 1.807) is 6.92 Å². The zero-order valence-corrected chi connectivity index (χ0v) is 7.58. The maximum Gasteiger partial charge on any atom is 0.0796 e. The Bertz CT molecular complexity index is 81.6. The van der Waals surface area contributed by atoms with Crippen molar-refractivity contribution in [2.45, 2.75) is 58.2 Å². The van der Waals surface area contributed by atoms with Gasteiger partial charge in [-0.25, -0.2) is 0 Å². The fourth-order valence-corrected chi connectivity index (χ4v) is 1.02. The van der Waals surface area contributed by atoms with Gasteiger partial charge in [0, 0.05) is 0 Å². The van der Waals surface area contributed by atoms with E-state index in [4.69, 9.17) is 5.11 Å². The lowest BCUT2D eigenvalue weighted by Gasteiger charge is -2.12. The molecule has 0 saturated heterocycles. The van der Waals surface area contributed by atoms with Crippen LogP contribution in [0.5, 0.6) is 0 Å². The van der Waals surface area contributed by atoms with E-state index < -0.39 is 12.2 Å². The molecule has 0 aliphatic carbocycles. The predicted octanol–water partition coefficient (Wildman–Crippen LogP) is 1.70. The summed E-state index contributed by atoms with van der Waals surface area (Å²) in [6, 6.07) is 0. The molecule has 68 valence electrons. The highest BCUT2D eigenvalue weighted by atomic mass is 16.3. The van der Waals surface area contributed by atoms with Crippen molar-refractivity contribution in [2.75, 3.05) is 0 Å². The van der Waals surface area contributed by atoms with Gasteiger partial charge in [0.2, 0.25) is 0 Å². The predicted molar refractivity (Wildman–Crippen MR) is 46.4 cm³/mol. The Balaban J connectivity index is 3.10. The molecule has 2 atom stereocenters. The Hall–Kier alpha value is -0.0800. The van der Waals surface area contributed by atoms with E-state index in [-0.39, 0.29) is 0 Å². The number of aliphatic hydroxyl groups excluding tert-OH is 2.